The van der Waals surface area contributed by atoms with E-state index in [9.17, 15) is 0 Å². The zero-order chi connectivity index (χ0) is 26.1. The molecule has 190 valence electrons. The van der Waals surface area contributed by atoms with Crippen LogP contribution in [0.2, 0.25) is 0 Å². The van der Waals surface area contributed by atoms with E-state index in [0.717, 1.165) is 23.1 Å². The van der Waals surface area contributed by atoms with Gasteiger partial charge in [0.2, 0.25) is 22.0 Å². The number of ether oxygens (including phenoxy) is 3. The van der Waals surface area contributed by atoms with Gasteiger partial charge in [0.15, 0.2) is 17.3 Å². The van der Waals surface area contributed by atoms with Crippen LogP contribution in [0.15, 0.2) is 60.7 Å². The maximum absolute atomic E-state index is 15.3. The van der Waals surface area contributed by atoms with Gasteiger partial charge >= 0.3 is 0 Å². The van der Waals surface area contributed by atoms with Crippen LogP contribution in [-0.2, 0) is 11.8 Å². The van der Waals surface area contributed by atoms with Crippen LogP contribution in [0.25, 0.3) is 0 Å². The summed E-state index contributed by atoms with van der Waals surface area (Å²) in [7, 11) is 5.13. The highest BCUT2D eigenvalue weighted by Gasteiger charge is 2.55. The van der Waals surface area contributed by atoms with Gasteiger partial charge in [-0.05, 0) is 35.3 Å². The number of carbonyl (C=O) groups is 1. The van der Waals surface area contributed by atoms with Crippen LogP contribution in [0.3, 0.4) is 0 Å². The number of hydrogen-bond acceptors (Lipinski definition) is 5. The average Bonchev–Trinajstić information content (AvgIpc) is 3.03. The van der Waals surface area contributed by atoms with Crippen LogP contribution in [-0.4, -0.2) is 37.6 Å². The highest BCUT2D eigenvalue weighted by atomic mass is 28.2. The second-order valence-electron chi connectivity index (χ2n) is 10.3. The van der Waals surface area contributed by atoms with Crippen molar-refractivity contribution in [3.05, 3.63) is 82.9 Å². The Hall–Kier alpha value is -3.25. The monoisotopic (exact) mass is 504 g/mol. The number of benzene rings is 3. The molecule has 0 fully saturated rings. The van der Waals surface area contributed by atoms with Gasteiger partial charge in [-0.1, -0.05) is 81.4 Å². The summed E-state index contributed by atoms with van der Waals surface area (Å²) in [5.74, 6) is 1.80. The summed E-state index contributed by atoms with van der Waals surface area (Å²) in [6.07, 6.45) is 1.42. The van der Waals surface area contributed by atoms with Crippen molar-refractivity contribution in [2.75, 3.05) is 21.3 Å². The highest BCUT2D eigenvalue weighted by molar-refractivity contribution is 6.13. The summed E-state index contributed by atoms with van der Waals surface area (Å²) >= 11 is 0. The fourth-order valence-corrected chi connectivity index (χ4v) is 6.53. The van der Waals surface area contributed by atoms with Gasteiger partial charge in [-0.25, -0.2) is 0 Å². The second kappa shape index (κ2) is 10.0. The summed E-state index contributed by atoms with van der Waals surface area (Å²) in [6, 6.07) is 20.3. The first-order valence-corrected chi connectivity index (χ1v) is 13.1. The SMILES string of the molecule is COc1c2c(c(O[SiH3])c(OC)c1OC)C(=O)C(c1ccccc1)(c1ccccc1)C(C(C)(C)C)CC2. The van der Waals surface area contributed by atoms with Gasteiger partial charge in [0.1, 0.15) is 0 Å². The van der Waals surface area contributed by atoms with Crippen molar-refractivity contribution in [1.82, 2.24) is 0 Å². The molecule has 0 amide bonds. The van der Waals surface area contributed by atoms with Gasteiger partial charge in [0.25, 0.3) is 0 Å². The molecule has 1 atom stereocenters. The molecule has 5 nitrogen and oxygen atoms in total. The van der Waals surface area contributed by atoms with E-state index < -0.39 is 5.41 Å². The molecule has 0 aromatic heterocycles. The predicted octanol–water partition coefficient (Wildman–Crippen LogP) is 5.15. The normalized spacial score (nSPS) is 17.2. The second-order valence-corrected chi connectivity index (χ2v) is 10.7. The first kappa shape index (κ1) is 25.8. The van der Waals surface area contributed by atoms with E-state index in [4.69, 9.17) is 18.6 Å². The van der Waals surface area contributed by atoms with Crippen LogP contribution >= 0.6 is 0 Å². The van der Waals surface area contributed by atoms with Gasteiger partial charge in [-0.3, -0.25) is 4.79 Å². The topological polar surface area (TPSA) is 54.0 Å². The number of hydrogen-bond donors (Lipinski definition) is 0. The Labute approximate surface area is 217 Å². The quantitative estimate of drug-likeness (QED) is 0.343. The van der Waals surface area contributed by atoms with Crippen LogP contribution < -0.4 is 18.6 Å². The van der Waals surface area contributed by atoms with Gasteiger partial charge in [0.05, 0.1) is 32.3 Å². The standard InChI is InChI=1S/C30H36O5Si/c1-29(2,3)22-18-17-21-23(25(35-36)27(34-6)26(33-5)24(21)32-4)28(31)30(22,19-13-9-7-10-14-19)20-15-11-8-12-16-20/h7-16,22H,17-18H2,1-6,36H3. The number of carbonyl (C=O) groups excluding carboxylic acids is 1. The van der Waals surface area contributed by atoms with E-state index in [1.807, 2.05) is 36.4 Å². The van der Waals surface area contributed by atoms with Crippen LogP contribution in [0.1, 0.15) is 54.2 Å². The number of ketones is 1. The lowest BCUT2D eigenvalue weighted by molar-refractivity contribution is 0.0739. The minimum Gasteiger partial charge on any atom is -0.550 e. The van der Waals surface area contributed by atoms with E-state index in [2.05, 4.69) is 45.0 Å². The Kier molecular flexibility index (Phi) is 7.18. The summed E-state index contributed by atoms with van der Waals surface area (Å²) < 4.78 is 23.4. The van der Waals surface area contributed by atoms with E-state index >= 15 is 4.79 Å². The molecule has 0 saturated heterocycles. The van der Waals surface area contributed by atoms with E-state index in [0.29, 0.717) is 45.5 Å². The molecule has 1 aliphatic carbocycles. The number of rotatable bonds is 6. The molecule has 4 rings (SSSR count). The smallest absolute Gasteiger partial charge is 0.207 e. The molecule has 1 aliphatic rings. The molecule has 1 unspecified atom stereocenters. The zero-order valence-electron chi connectivity index (χ0n) is 22.3. The number of Topliss-reactive ketones (excluding diaryl/α,β-unsaturated/α-hetero) is 1. The molecule has 0 spiro atoms. The molecule has 0 heterocycles. The van der Waals surface area contributed by atoms with E-state index in [-0.39, 0.29) is 17.1 Å². The zero-order valence-corrected chi connectivity index (χ0v) is 24.3. The lowest BCUT2D eigenvalue weighted by atomic mass is 9.55. The molecular weight excluding hydrogens is 468 g/mol. The highest BCUT2D eigenvalue weighted by Crippen LogP contribution is 2.58. The van der Waals surface area contributed by atoms with Crippen LogP contribution in [0.4, 0.5) is 0 Å². The minimum absolute atomic E-state index is 0.00238. The summed E-state index contributed by atoms with van der Waals surface area (Å²) in [6.45, 7) is 6.68. The Morgan fingerprint density at radius 2 is 1.25 bits per heavy atom. The molecule has 0 N–H and O–H groups in total. The predicted molar refractivity (Wildman–Crippen MR) is 146 cm³/mol. The molecule has 36 heavy (non-hydrogen) atoms. The van der Waals surface area contributed by atoms with Crippen molar-refractivity contribution in [2.24, 2.45) is 11.3 Å². The maximum Gasteiger partial charge on any atom is 0.207 e. The first-order chi connectivity index (χ1) is 17.3. The molecule has 6 heteroatoms. The van der Waals surface area contributed by atoms with E-state index in [1.165, 1.54) is 0 Å². The first-order valence-electron chi connectivity index (χ1n) is 12.3. The third kappa shape index (κ3) is 3.88. The third-order valence-electron chi connectivity index (χ3n) is 7.53. The average molecular weight is 505 g/mol. The van der Waals surface area contributed by atoms with Crippen LogP contribution in [0, 0.1) is 11.3 Å². The van der Waals surface area contributed by atoms with Crippen molar-refractivity contribution in [3.63, 3.8) is 0 Å². The summed E-state index contributed by atoms with van der Waals surface area (Å²) in [5.41, 5.74) is 2.16. The Morgan fingerprint density at radius 3 is 1.67 bits per heavy atom. The van der Waals surface area contributed by atoms with Gasteiger partial charge in [-0.2, -0.15) is 0 Å². The van der Waals surface area contributed by atoms with Crippen molar-refractivity contribution < 1.29 is 23.4 Å². The van der Waals surface area contributed by atoms with Crippen LogP contribution in [0.5, 0.6) is 23.0 Å². The lowest BCUT2D eigenvalue weighted by Crippen LogP contribution is -2.48. The van der Waals surface area contributed by atoms with Gasteiger partial charge in [0, 0.05) is 5.56 Å². The maximum atomic E-state index is 15.3. The molecule has 0 bridgehead atoms. The third-order valence-corrected chi connectivity index (χ3v) is 7.94. The van der Waals surface area contributed by atoms with Crippen molar-refractivity contribution >= 4 is 16.3 Å². The minimum atomic E-state index is -0.939. The molecule has 0 aliphatic heterocycles. The Balaban J connectivity index is 2.21. The number of fused-ring (bicyclic) bond motifs is 1. The molecule has 3 aromatic carbocycles. The fraction of sp³-hybridized carbons (Fsp3) is 0.367. The molecule has 0 radical (unpaired) electrons. The van der Waals surface area contributed by atoms with Crippen molar-refractivity contribution in [2.45, 2.75) is 39.0 Å². The fourth-order valence-electron chi connectivity index (χ4n) is 6.14. The lowest BCUT2D eigenvalue weighted by Gasteiger charge is -2.46. The summed E-state index contributed by atoms with van der Waals surface area (Å²) in [5, 5.41) is 0. The summed E-state index contributed by atoms with van der Waals surface area (Å²) in [4.78, 5) is 15.3. The molecule has 0 saturated carbocycles. The Bertz CT molecular complexity index is 1190. The van der Waals surface area contributed by atoms with Crippen molar-refractivity contribution in [3.8, 4) is 23.0 Å². The number of methoxy groups -OCH3 is 3. The molecular formula is C30H36O5Si. The van der Waals surface area contributed by atoms with Crippen molar-refractivity contribution in [1.29, 1.82) is 0 Å². The van der Waals surface area contributed by atoms with Gasteiger partial charge < -0.3 is 18.6 Å². The van der Waals surface area contributed by atoms with Gasteiger partial charge in [-0.15, -0.1) is 0 Å². The molecule has 3 aromatic rings. The van der Waals surface area contributed by atoms with E-state index in [1.54, 1.807) is 21.3 Å². The Morgan fingerprint density at radius 1 is 0.778 bits per heavy atom. The largest absolute Gasteiger partial charge is 0.550 e.